The predicted octanol–water partition coefficient (Wildman–Crippen LogP) is 2.84. The van der Waals surface area contributed by atoms with Crippen molar-refractivity contribution in [2.45, 2.75) is 64.3 Å². The van der Waals surface area contributed by atoms with E-state index >= 15 is 0 Å². The fourth-order valence-corrected chi connectivity index (χ4v) is 3.32. The van der Waals surface area contributed by atoms with Gasteiger partial charge in [-0.05, 0) is 44.2 Å². The second kappa shape index (κ2) is 6.58. The molecule has 21 heavy (non-hydrogen) atoms. The molecule has 4 heteroatoms. The number of nitrogens with zero attached hydrogens (tertiary/aromatic N) is 2. The van der Waals surface area contributed by atoms with Crippen LogP contribution in [0, 0.1) is 0 Å². The average Bonchev–Trinajstić information content (AvgIpc) is 2.84. The van der Waals surface area contributed by atoms with Crippen molar-refractivity contribution in [2.24, 2.45) is 0 Å². The summed E-state index contributed by atoms with van der Waals surface area (Å²) in [5.41, 5.74) is 2.30. The molecule has 2 atom stereocenters. The second-order valence-corrected chi connectivity index (χ2v) is 6.07. The SMILES string of the molecule is CCCn1c(CNC2CCCC(O)C2)nc2ccccc21. The highest BCUT2D eigenvalue weighted by molar-refractivity contribution is 5.75. The van der Waals surface area contributed by atoms with Gasteiger partial charge in [-0.3, -0.25) is 0 Å². The first kappa shape index (κ1) is 14.5. The molecule has 3 rings (SSSR count). The number of para-hydroxylation sites is 2. The van der Waals surface area contributed by atoms with Crippen LogP contribution in [-0.2, 0) is 13.1 Å². The number of aryl methyl sites for hydroxylation is 1. The molecule has 4 nitrogen and oxygen atoms in total. The van der Waals surface area contributed by atoms with Crippen molar-refractivity contribution in [3.63, 3.8) is 0 Å². The first-order valence-electron chi connectivity index (χ1n) is 8.13. The number of hydrogen-bond acceptors (Lipinski definition) is 3. The van der Waals surface area contributed by atoms with Gasteiger partial charge in [0.25, 0.3) is 0 Å². The molecule has 0 amide bonds. The van der Waals surface area contributed by atoms with Crippen LogP contribution in [0.25, 0.3) is 11.0 Å². The number of hydrogen-bond donors (Lipinski definition) is 2. The van der Waals surface area contributed by atoms with Crippen LogP contribution in [0.3, 0.4) is 0 Å². The van der Waals surface area contributed by atoms with Gasteiger partial charge in [0.15, 0.2) is 0 Å². The third-order valence-electron chi connectivity index (χ3n) is 4.38. The zero-order valence-electron chi connectivity index (χ0n) is 12.8. The van der Waals surface area contributed by atoms with E-state index in [4.69, 9.17) is 4.98 Å². The van der Waals surface area contributed by atoms with Crippen LogP contribution in [-0.4, -0.2) is 26.8 Å². The van der Waals surface area contributed by atoms with E-state index in [-0.39, 0.29) is 6.10 Å². The predicted molar refractivity (Wildman–Crippen MR) is 85.1 cm³/mol. The highest BCUT2D eigenvalue weighted by Gasteiger charge is 2.20. The first-order valence-corrected chi connectivity index (χ1v) is 8.13. The van der Waals surface area contributed by atoms with Gasteiger partial charge in [-0.25, -0.2) is 4.98 Å². The minimum Gasteiger partial charge on any atom is -0.393 e. The van der Waals surface area contributed by atoms with E-state index < -0.39 is 0 Å². The highest BCUT2D eigenvalue weighted by Crippen LogP contribution is 2.20. The lowest BCUT2D eigenvalue weighted by atomic mass is 9.93. The molecule has 1 aliphatic rings. The normalized spacial score (nSPS) is 22.8. The summed E-state index contributed by atoms with van der Waals surface area (Å²) >= 11 is 0. The summed E-state index contributed by atoms with van der Waals surface area (Å²) in [6, 6.07) is 8.76. The lowest BCUT2D eigenvalue weighted by Gasteiger charge is -2.26. The molecular formula is C17H25N3O. The zero-order chi connectivity index (χ0) is 14.7. The zero-order valence-corrected chi connectivity index (χ0v) is 12.8. The molecule has 1 heterocycles. The van der Waals surface area contributed by atoms with Crippen molar-refractivity contribution >= 4 is 11.0 Å². The summed E-state index contributed by atoms with van der Waals surface area (Å²) in [6.45, 7) is 3.99. The third-order valence-corrected chi connectivity index (χ3v) is 4.38. The largest absolute Gasteiger partial charge is 0.393 e. The summed E-state index contributed by atoms with van der Waals surface area (Å²) < 4.78 is 2.32. The van der Waals surface area contributed by atoms with Gasteiger partial charge in [-0.1, -0.05) is 19.1 Å². The van der Waals surface area contributed by atoms with E-state index in [9.17, 15) is 5.11 Å². The van der Waals surface area contributed by atoms with Crippen LogP contribution in [0.1, 0.15) is 44.9 Å². The molecule has 0 saturated heterocycles. The lowest BCUT2D eigenvalue weighted by molar-refractivity contribution is 0.111. The van der Waals surface area contributed by atoms with Crippen LogP contribution in [0.4, 0.5) is 0 Å². The van der Waals surface area contributed by atoms with Crippen molar-refractivity contribution < 1.29 is 5.11 Å². The van der Waals surface area contributed by atoms with Gasteiger partial charge in [-0.2, -0.15) is 0 Å². The number of aromatic nitrogens is 2. The summed E-state index contributed by atoms with van der Waals surface area (Å²) in [6.07, 6.45) is 5.07. The first-order chi connectivity index (χ1) is 10.3. The second-order valence-electron chi connectivity index (χ2n) is 6.07. The fraction of sp³-hybridized carbons (Fsp3) is 0.588. The van der Waals surface area contributed by atoms with Crippen LogP contribution in [0.5, 0.6) is 0 Å². The van der Waals surface area contributed by atoms with Crippen molar-refractivity contribution in [3.05, 3.63) is 30.1 Å². The summed E-state index contributed by atoms with van der Waals surface area (Å²) in [5.74, 6) is 1.11. The maximum Gasteiger partial charge on any atom is 0.123 e. The third kappa shape index (κ3) is 3.27. The molecule has 1 aliphatic carbocycles. The van der Waals surface area contributed by atoms with Crippen molar-refractivity contribution in [3.8, 4) is 0 Å². The Labute approximate surface area is 126 Å². The van der Waals surface area contributed by atoms with Crippen molar-refractivity contribution in [2.75, 3.05) is 0 Å². The molecule has 1 aromatic heterocycles. The Hall–Kier alpha value is -1.39. The van der Waals surface area contributed by atoms with Crippen LogP contribution in [0.15, 0.2) is 24.3 Å². The van der Waals surface area contributed by atoms with Crippen LogP contribution < -0.4 is 5.32 Å². The molecule has 1 fully saturated rings. The topological polar surface area (TPSA) is 50.1 Å². The van der Waals surface area contributed by atoms with Gasteiger partial charge < -0.3 is 15.0 Å². The van der Waals surface area contributed by atoms with E-state index in [2.05, 4.69) is 35.0 Å². The van der Waals surface area contributed by atoms with Gasteiger partial charge in [0, 0.05) is 12.6 Å². The summed E-state index contributed by atoms with van der Waals surface area (Å²) in [5, 5.41) is 13.4. The fourth-order valence-electron chi connectivity index (χ4n) is 3.32. The van der Waals surface area contributed by atoms with E-state index in [0.29, 0.717) is 6.04 Å². The molecule has 2 aromatic rings. The van der Waals surface area contributed by atoms with E-state index in [1.165, 1.54) is 5.52 Å². The van der Waals surface area contributed by atoms with Crippen LogP contribution in [0.2, 0.25) is 0 Å². The van der Waals surface area contributed by atoms with Gasteiger partial charge >= 0.3 is 0 Å². The van der Waals surface area contributed by atoms with Gasteiger partial charge in [0.2, 0.25) is 0 Å². The molecule has 0 radical (unpaired) electrons. The smallest absolute Gasteiger partial charge is 0.123 e. The number of aliphatic hydroxyl groups is 1. The minimum absolute atomic E-state index is 0.134. The van der Waals surface area contributed by atoms with Gasteiger partial charge in [-0.15, -0.1) is 0 Å². The molecular weight excluding hydrogens is 262 g/mol. The number of rotatable bonds is 5. The molecule has 0 bridgehead atoms. The monoisotopic (exact) mass is 287 g/mol. The Morgan fingerprint density at radius 2 is 2.19 bits per heavy atom. The van der Waals surface area contributed by atoms with E-state index in [0.717, 1.165) is 56.5 Å². The number of aliphatic hydroxyl groups excluding tert-OH is 1. The Morgan fingerprint density at radius 3 is 3.00 bits per heavy atom. The van der Waals surface area contributed by atoms with Gasteiger partial charge in [0.05, 0.1) is 23.7 Å². The summed E-state index contributed by atoms with van der Waals surface area (Å²) in [4.78, 5) is 4.77. The van der Waals surface area contributed by atoms with E-state index in [1.54, 1.807) is 0 Å². The Morgan fingerprint density at radius 1 is 1.33 bits per heavy atom. The molecule has 0 spiro atoms. The maximum atomic E-state index is 9.77. The molecule has 2 N–H and O–H groups in total. The Balaban J connectivity index is 1.75. The molecule has 2 unspecified atom stereocenters. The average molecular weight is 287 g/mol. The summed E-state index contributed by atoms with van der Waals surface area (Å²) in [7, 11) is 0. The molecule has 114 valence electrons. The Kier molecular flexibility index (Phi) is 4.56. The van der Waals surface area contributed by atoms with Gasteiger partial charge in [0.1, 0.15) is 5.82 Å². The minimum atomic E-state index is -0.134. The molecule has 1 aromatic carbocycles. The standard InChI is InChI=1S/C17H25N3O/c1-2-10-20-16-9-4-3-8-15(16)19-17(20)12-18-13-6-5-7-14(21)11-13/h3-4,8-9,13-14,18,21H,2,5-7,10-12H2,1H3. The van der Waals surface area contributed by atoms with Crippen molar-refractivity contribution in [1.29, 1.82) is 0 Å². The Bertz CT molecular complexity index is 593. The quantitative estimate of drug-likeness (QED) is 0.889. The van der Waals surface area contributed by atoms with E-state index in [1.807, 2.05) is 6.07 Å². The number of fused-ring (bicyclic) bond motifs is 1. The number of benzene rings is 1. The molecule has 0 aliphatic heterocycles. The van der Waals surface area contributed by atoms with Crippen LogP contribution >= 0.6 is 0 Å². The number of nitrogens with one attached hydrogen (secondary N) is 1. The maximum absolute atomic E-state index is 9.77. The highest BCUT2D eigenvalue weighted by atomic mass is 16.3. The lowest BCUT2D eigenvalue weighted by Crippen LogP contribution is -2.36. The molecule has 1 saturated carbocycles. The van der Waals surface area contributed by atoms with Crippen molar-refractivity contribution in [1.82, 2.24) is 14.9 Å². The number of imidazole rings is 1.